The maximum absolute atomic E-state index is 12.7. The zero-order chi connectivity index (χ0) is 26.4. The van der Waals surface area contributed by atoms with Crippen molar-refractivity contribution in [2.75, 3.05) is 18.6 Å². The molecule has 0 radical (unpaired) electrons. The number of rotatable bonds is 7. The van der Waals surface area contributed by atoms with Gasteiger partial charge in [-0.15, -0.1) is 0 Å². The van der Waals surface area contributed by atoms with E-state index in [4.69, 9.17) is 19.9 Å². The molecular weight excluding hydrogens is 450 g/mol. The van der Waals surface area contributed by atoms with E-state index in [1.807, 2.05) is 6.92 Å². The van der Waals surface area contributed by atoms with Crippen molar-refractivity contribution >= 4 is 18.0 Å². The Labute approximate surface area is 206 Å². The van der Waals surface area contributed by atoms with Crippen LogP contribution in [0.3, 0.4) is 0 Å². The molecule has 0 spiro atoms. The van der Waals surface area contributed by atoms with E-state index < -0.39 is 23.3 Å². The average Bonchev–Trinajstić information content (AvgIpc) is 2.75. The molecule has 0 saturated carbocycles. The van der Waals surface area contributed by atoms with Crippen LogP contribution in [0.25, 0.3) is 11.1 Å². The third kappa shape index (κ3) is 7.93. The number of nitriles is 1. The van der Waals surface area contributed by atoms with Crippen LogP contribution < -0.4 is 15.4 Å². The summed E-state index contributed by atoms with van der Waals surface area (Å²) >= 11 is 0. The van der Waals surface area contributed by atoms with Gasteiger partial charge in [-0.05, 0) is 63.8 Å². The zero-order valence-corrected chi connectivity index (χ0v) is 21.3. The molecule has 2 rings (SSSR count). The molecule has 1 unspecified atom stereocenters. The van der Waals surface area contributed by atoms with Gasteiger partial charge in [-0.2, -0.15) is 10.2 Å². The summed E-state index contributed by atoms with van der Waals surface area (Å²) in [7, 11) is 1.15. The van der Waals surface area contributed by atoms with Gasteiger partial charge < -0.3 is 19.9 Å². The molecule has 188 valence electrons. The van der Waals surface area contributed by atoms with Crippen LogP contribution in [0.5, 0.6) is 5.88 Å². The van der Waals surface area contributed by atoms with Crippen LogP contribution in [0.1, 0.15) is 53.5 Å². The van der Waals surface area contributed by atoms with E-state index in [9.17, 15) is 14.9 Å². The number of imide groups is 1. The maximum Gasteiger partial charge on any atom is 0.425 e. The van der Waals surface area contributed by atoms with Gasteiger partial charge in [0.1, 0.15) is 29.7 Å². The minimum Gasteiger partial charge on any atom is -0.475 e. The van der Waals surface area contributed by atoms with Gasteiger partial charge in [0.25, 0.3) is 0 Å². The van der Waals surface area contributed by atoms with Crippen molar-refractivity contribution in [3.05, 3.63) is 36.2 Å². The molecule has 10 nitrogen and oxygen atoms in total. The molecule has 0 bridgehead atoms. The number of amides is 2. The van der Waals surface area contributed by atoms with Crippen LogP contribution in [0.2, 0.25) is 0 Å². The van der Waals surface area contributed by atoms with Crippen molar-refractivity contribution in [2.45, 2.75) is 59.1 Å². The maximum atomic E-state index is 12.7. The predicted octanol–water partition coefficient (Wildman–Crippen LogP) is 4.67. The van der Waals surface area contributed by atoms with Gasteiger partial charge in [0.05, 0.1) is 7.11 Å². The molecule has 2 N–H and O–H groups in total. The molecule has 0 fully saturated rings. The lowest BCUT2D eigenvalue weighted by Crippen LogP contribution is -2.43. The zero-order valence-electron chi connectivity index (χ0n) is 21.3. The Bertz CT molecular complexity index is 1100. The summed E-state index contributed by atoms with van der Waals surface area (Å²) in [6.07, 6.45) is 1.82. The minimum absolute atomic E-state index is 0.00461. The normalized spacial score (nSPS) is 12.9. The van der Waals surface area contributed by atoms with Crippen LogP contribution in [0.15, 0.2) is 30.6 Å². The first-order valence-electron chi connectivity index (χ1n) is 11.2. The fourth-order valence-electron chi connectivity index (χ4n) is 3.41. The van der Waals surface area contributed by atoms with Crippen LogP contribution in [-0.4, -0.2) is 47.0 Å². The fourth-order valence-corrected chi connectivity index (χ4v) is 3.41. The Morgan fingerprint density at radius 3 is 2.40 bits per heavy atom. The lowest BCUT2D eigenvalue weighted by atomic mass is 9.93. The number of carbonyl (C=O) groups is 2. The highest BCUT2D eigenvalue weighted by atomic mass is 16.6. The van der Waals surface area contributed by atoms with Gasteiger partial charge >= 0.3 is 12.2 Å². The van der Waals surface area contributed by atoms with Gasteiger partial charge in [-0.3, -0.25) is 0 Å². The van der Waals surface area contributed by atoms with Crippen molar-refractivity contribution in [2.24, 2.45) is 11.7 Å². The highest BCUT2D eigenvalue weighted by Crippen LogP contribution is 2.28. The standard InChI is InChI=1S/C25H33N5O5/c1-16(2)12-25(6,27)15-34-21-18(13-26)10-19(14-29-21)17-8-9-28-20(11-17)30(22(31)33-7)23(32)35-24(3,4)5/h8-11,14,16H,12,15,27H2,1-7H3. The molecule has 1 atom stereocenters. The van der Waals surface area contributed by atoms with Crippen molar-refractivity contribution in [1.82, 2.24) is 9.97 Å². The first kappa shape index (κ1) is 27.5. The molecule has 0 aliphatic carbocycles. The molecule has 35 heavy (non-hydrogen) atoms. The van der Waals surface area contributed by atoms with Gasteiger partial charge in [0.15, 0.2) is 0 Å². The number of aromatic nitrogens is 2. The summed E-state index contributed by atoms with van der Waals surface area (Å²) in [6, 6.07) is 6.85. The minimum atomic E-state index is -0.949. The highest BCUT2D eigenvalue weighted by Gasteiger charge is 2.31. The number of hydrogen-bond acceptors (Lipinski definition) is 9. The Hall–Kier alpha value is -3.71. The van der Waals surface area contributed by atoms with Crippen LogP contribution >= 0.6 is 0 Å². The first-order valence-corrected chi connectivity index (χ1v) is 11.2. The van der Waals surface area contributed by atoms with E-state index in [1.54, 1.807) is 32.9 Å². The van der Waals surface area contributed by atoms with E-state index in [0.29, 0.717) is 21.9 Å². The van der Waals surface area contributed by atoms with E-state index in [2.05, 4.69) is 29.9 Å². The number of pyridine rings is 2. The SMILES string of the molecule is COC(=O)N(C(=O)OC(C)(C)C)c1cc(-c2cnc(OCC(C)(N)CC(C)C)c(C#N)c2)ccn1. The lowest BCUT2D eigenvalue weighted by Gasteiger charge is -2.26. The number of nitrogens with zero attached hydrogens (tertiary/aromatic N) is 4. The third-order valence-corrected chi connectivity index (χ3v) is 4.63. The number of hydrogen-bond donors (Lipinski definition) is 1. The summed E-state index contributed by atoms with van der Waals surface area (Å²) < 4.78 is 15.8. The molecule has 2 amide bonds. The third-order valence-electron chi connectivity index (χ3n) is 4.63. The molecule has 0 aliphatic rings. The molecule has 0 aliphatic heterocycles. The van der Waals surface area contributed by atoms with Crippen molar-refractivity contribution < 1.29 is 23.8 Å². The summed E-state index contributed by atoms with van der Waals surface area (Å²) in [5.74, 6) is 0.566. The van der Waals surface area contributed by atoms with E-state index in [0.717, 1.165) is 13.5 Å². The monoisotopic (exact) mass is 483 g/mol. The van der Waals surface area contributed by atoms with Crippen molar-refractivity contribution in [3.63, 3.8) is 0 Å². The van der Waals surface area contributed by atoms with Gasteiger partial charge in [0.2, 0.25) is 5.88 Å². The Balaban J connectivity index is 2.36. The molecule has 0 aromatic carbocycles. The van der Waals surface area contributed by atoms with Crippen LogP contribution in [0.4, 0.5) is 15.4 Å². The second-order valence-corrected chi connectivity index (χ2v) is 9.92. The van der Waals surface area contributed by atoms with E-state index in [-0.39, 0.29) is 23.9 Å². The number of carbonyl (C=O) groups excluding carboxylic acids is 2. The highest BCUT2D eigenvalue weighted by molar-refractivity contribution is 6.08. The number of anilines is 1. The quantitative estimate of drug-likeness (QED) is 0.595. The molecule has 2 aromatic rings. The Morgan fingerprint density at radius 1 is 1.14 bits per heavy atom. The van der Waals surface area contributed by atoms with Crippen LogP contribution in [0, 0.1) is 17.2 Å². The smallest absolute Gasteiger partial charge is 0.425 e. The fraction of sp³-hybridized carbons (Fsp3) is 0.480. The van der Waals surface area contributed by atoms with E-state index >= 15 is 0 Å². The summed E-state index contributed by atoms with van der Waals surface area (Å²) in [5.41, 5.74) is 6.23. The summed E-state index contributed by atoms with van der Waals surface area (Å²) in [5, 5.41) is 9.65. The Kier molecular flexibility index (Phi) is 8.77. The number of ether oxygens (including phenoxy) is 3. The summed E-state index contributed by atoms with van der Waals surface area (Å²) in [4.78, 5) is 34.1. The number of nitrogens with two attached hydrogens (primary N) is 1. The predicted molar refractivity (Wildman–Crippen MR) is 131 cm³/mol. The lowest BCUT2D eigenvalue weighted by molar-refractivity contribution is 0.0574. The van der Waals surface area contributed by atoms with E-state index in [1.165, 1.54) is 18.5 Å². The molecule has 0 saturated heterocycles. The Morgan fingerprint density at radius 2 is 1.83 bits per heavy atom. The van der Waals surface area contributed by atoms with Crippen molar-refractivity contribution in [3.8, 4) is 23.1 Å². The van der Waals surface area contributed by atoms with Gasteiger partial charge in [-0.25, -0.2) is 19.6 Å². The second-order valence-electron chi connectivity index (χ2n) is 9.92. The molecule has 2 heterocycles. The van der Waals surface area contributed by atoms with Crippen molar-refractivity contribution in [1.29, 1.82) is 5.26 Å². The van der Waals surface area contributed by atoms with Gasteiger partial charge in [0, 0.05) is 23.5 Å². The van der Waals surface area contributed by atoms with Crippen LogP contribution in [-0.2, 0) is 9.47 Å². The average molecular weight is 484 g/mol. The largest absolute Gasteiger partial charge is 0.475 e. The molecular formula is C25H33N5O5. The molecule has 10 heteroatoms. The first-order chi connectivity index (χ1) is 16.3. The topological polar surface area (TPSA) is 141 Å². The number of methoxy groups -OCH3 is 1. The van der Waals surface area contributed by atoms with Gasteiger partial charge in [-0.1, -0.05) is 13.8 Å². The summed E-state index contributed by atoms with van der Waals surface area (Å²) in [6.45, 7) is 11.3. The second kappa shape index (κ2) is 11.1. The molecule has 2 aromatic heterocycles.